The van der Waals surface area contributed by atoms with Crippen molar-refractivity contribution in [1.29, 1.82) is 0 Å². The van der Waals surface area contributed by atoms with Gasteiger partial charge in [0.1, 0.15) is 0 Å². The third kappa shape index (κ3) is 3.31. The maximum Gasteiger partial charge on any atom is 0.217 e. The van der Waals surface area contributed by atoms with E-state index in [-0.39, 0.29) is 11.3 Å². The van der Waals surface area contributed by atoms with Crippen molar-refractivity contribution in [2.45, 2.75) is 76.1 Å². The average molecular weight is 288 g/mol. The van der Waals surface area contributed by atoms with E-state index in [2.05, 4.69) is 19.2 Å². The highest BCUT2D eigenvalue weighted by Gasteiger charge is 2.39. The molecular formula is C14H28N2O2S. The fraction of sp³-hybridized carbons (Fsp3) is 1.00. The second kappa shape index (κ2) is 6.55. The van der Waals surface area contributed by atoms with E-state index in [4.69, 9.17) is 0 Å². The fourth-order valence-corrected chi connectivity index (χ4v) is 5.66. The van der Waals surface area contributed by atoms with Crippen molar-refractivity contribution in [3.05, 3.63) is 0 Å². The van der Waals surface area contributed by atoms with Crippen LogP contribution in [0.1, 0.15) is 58.8 Å². The summed E-state index contributed by atoms with van der Waals surface area (Å²) in [4.78, 5) is 0. The predicted octanol–water partition coefficient (Wildman–Crippen LogP) is 2.11. The van der Waals surface area contributed by atoms with Crippen molar-refractivity contribution in [2.75, 3.05) is 13.1 Å². The number of hydrogen-bond acceptors (Lipinski definition) is 3. The summed E-state index contributed by atoms with van der Waals surface area (Å²) in [5, 5.41) is 3.35. The number of nitrogens with zero attached hydrogens (tertiary/aromatic N) is 1. The standard InChI is InChI=1S/C14H28N2O2S/c1-3-12-11-16(13(4-2)10-15-12)19(17,18)14-8-6-5-7-9-14/h12-15H,3-11H2,1-2H3. The Labute approximate surface area is 118 Å². The van der Waals surface area contributed by atoms with E-state index < -0.39 is 10.0 Å². The van der Waals surface area contributed by atoms with Crippen LogP contribution in [0.5, 0.6) is 0 Å². The molecule has 4 nitrogen and oxygen atoms in total. The monoisotopic (exact) mass is 288 g/mol. The molecule has 1 saturated heterocycles. The highest BCUT2D eigenvalue weighted by molar-refractivity contribution is 7.89. The molecular weight excluding hydrogens is 260 g/mol. The van der Waals surface area contributed by atoms with Gasteiger partial charge < -0.3 is 5.32 Å². The van der Waals surface area contributed by atoms with E-state index in [0.29, 0.717) is 12.6 Å². The Bertz CT molecular complexity index is 377. The zero-order valence-corrected chi connectivity index (χ0v) is 13.1. The molecule has 1 aliphatic carbocycles. The SMILES string of the molecule is CCC1CN(S(=O)(=O)C2CCCCC2)C(CC)CN1. The summed E-state index contributed by atoms with van der Waals surface area (Å²) < 4.78 is 27.6. The molecule has 0 aromatic rings. The van der Waals surface area contributed by atoms with Gasteiger partial charge in [0.2, 0.25) is 10.0 Å². The lowest BCUT2D eigenvalue weighted by molar-refractivity contribution is 0.212. The highest BCUT2D eigenvalue weighted by Crippen LogP contribution is 2.28. The van der Waals surface area contributed by atoms with E-state index in [9.17, 15) is 8.42 Å². The van der Waals surface area contributed by atoms with Crippen LogP contribution in [0.2, 0.25) is 0 Å². The van der Waals surface area contributed by atoms with Crippen molar-refractivity contribution in [1.82, 2.24) is 9.62 Å². The summed E-state index contributed by atoms with van der Waals surface area (Å²) >= 11 is 0. The summed E-state index contributed by atoms with van der Waals surface area (Å²) in [7, 11) is -3.10. The Balaban J connectivity index is 2.14. The van der Waals surface area contributed by atoms with E-state index in [1.54, 1.807) is 0 Å². The molecule has 0 spiro atoms. The lowest BCUT2D eigenvalue weighted by Gasteiger charge is -2.41. The first-order valence-corrected chi connectivity index (χ1v) is 9.34. The predicted molar refractivity (Wildman–Crippen MR) is 78.7 cm³/mol. The molecule has 5 heteroatoms. The molecule has 0 radical (unpaired) electrons. The van der Waals surface area contributed by atoms with Crippen LogP contribution in [0.25, 0.3) is 0 Å². The van der Waals surface area contributed by atoms with Crippen molar-refractivity contribution in [3.8, 4) is 0 Å². The number of piperazine rings is 1. The maximum atomic E-state index is 12.9. The lowest BCUT2D eigenvalue weighted by atomic mass is 10.0. The van der Waals surface area contributed by atoms with Gasteiger partial charge in [0.05, 0.1) is 5.25 Å². The maximum absolute atomic E-state index is 12.9. The summed E-state index contributed by atoms with van der Waals surface area (Å²) in [5.74, 6) is 0. The number of rotatable bonds is 4. The topological polar surface area (TPSA) is 49.4 Å². The zero-order chi connectivity index (χ0) is 13.9. The van der Waals surface area contributed by atoms with Gasteiger partial charge in [-0.25, -0.2) is 8.42 Å². The molecule has 1 saturated carbocycles. The van der Waals surface area contributed by atoms with E-state index >= 15 is 0 Å². The van der Waals surface area contributed by atoms with Crippen LogP contribution in [0.4, 0.5) is 0 Å². The second-order valence-electron chi connectivity index (χ2n) is 5.95. The first-order chi connectivity index (χ1) is 9.09. The Kier molecular flexibility index (Phi) is 5.26. The first-order valence-electron chi connectivity index (χ1n) is 7.83. The molecule has 0 aromatic heterocycles. The van der Waals surface area contributed by atoms with Crippen molar-refractivity contribution >= 4 is 10.0 Å². The smallest absolute Gasteiger partial charge is 0.217 e. The summed E-state index contributed by atoms with van der Waals surface area (Å²) in [6.45, 7) is 5.67. The fourth-order valence-electron chi connectivity index (χ4n) is 3.32. The van der Waals surface area contributed by atoms with Gasteiger partial charge in [0.25, 0.3) is 0 Å². The third-order valence-electron chi connectivity index (χ3n) is 4.71. The molecule has 0 aromatic carbocycles. The minimum atomic E-state index is -3.10. The number of sulfonamides is 1. The van der Waals surface area contributed by atoms with Crippen LogP contribution < -0.4 is 5.32 Å². The normalized spacial score (nSPS) is 31.5. The Morgan fingerprint density at radius 2 is 1.79 bits per heavy atom. The van der Waals surface area contributed by atoms with Crippen LogP contribution in [0.3, 0.4) is 0 Å². The molecule has 112 valence electrons. The van der Waals surface area contributed by atoms with Crippen LogP contribution in [-0.4, -0.2) is 43.1 Å². The molecule has 2 aliphatic rings. The first kappa shape index (κ1) is 15.3. The molecule has 0 bridgehead atoms. The van der Waals surface area contributed by atoms with Gasteiger partial charge in [-0.3, -0.25) is 0 Å². The van der Waals surface area contributed by atoms with Gasteiger partial charge >= 0.3 is 0 Å². The van der Waals surface area contributed by atoms with Gasteiger partial charge in [-0.1, -0.05) is 33.1 Å². The lowest BCUT2D eigenvalue weighted by Crippen LogP contribution is -2.59. The molecule has 2 atom stereocenters. The summed E-state index contributed by atoms with van der Waals surface area (Å²) in [6, 6.07) is 0.468. The van der Waals surface area contributed by atoms with Crippen LogP contribution in [0, 0.1) is 0 Å². The second-order valence-corrected chi connectivity index (χ2v) is 8.12. The van der Waals surface area contributed by atoms with Crippen molar-refractivity contribution in [2.24, 2.45) is 0 Å². The zero-order valence-electron chi connectivity index (χ0n) is 12.3. The summed E-state index contributed by atoms with van der Waals surface area (Å²) in [6.07, 6.45) is 6.96. The largest absolute Gasteiger partial charge is 0.311 e. The molecule has 0 amide bonds. The molecule has 1 N–H and O–H groups in total. The third-order valence-corrected chi connectivity index (χ3v) is 7.13. The Hall–Kier alpha value is -0.130. The molecule has 1 aliphatic heterocycles. The molecule has 19 heavy (non-hydrogen) atoms. The highest BCUT2D eigenvalue weighted by atomic mass is 32.2. The van der Waals surface area contributed by atoms with Gasteiger partial charge in [-0.05, 0) is 25.7 Å². The quantitative estimate of drug-likeness (QED) is 0.862. The molecule has 2 unspecified atom stereocenters. The molecule has 2 fully saturated rings. The van der Waals surface area contributed by atoms with Crippen LogP contribution >= 0.6 is 0 Å². The average Bonchev–Trinajstić information content (AvgIpc) is 2.47. The van der Waals surface area contributed by atoms with Gasteiger partial charge in [0, 0.05) is 25.2 Å². The van der Waals surface area contributed by atoms with E-state index in [1.807, 2.05) is 4.31 Å². The Morgan fingerprint density at radius 1 is 1.11 bits per heavy atom. The number of hydrogen-bond donors (Lipinski definition) is 1. The summed E-state index contributed by atoms with van der Waals surface area (Å²) in [5.41, 5.74) is 0. The van der Waals surface area contributed by atoms with Gasteiger partial charge in [-0.2, -0.15) is 4.31 Å². The Morgan fingerprint density at radius 3 is 2.37 bits per heavy atom. The van der Waals surface area contributed by atoms with E-state index in [1.165, 1.54) is 6.42 Å². The number of nitrogens with one attached hydrogen (secondary N) is 1. The van der Waals surface area contributed by atoms with Gasteiger partial charge in [0.15, 0.2) is 0 Å². The van der Waals surface area contributed by atoms with Crippen LogP contribution in [0.15, 0.2) is 0 Å². The molecule has 1 heterocycles. The van der Waals surface area contributed by atoms with Crippen molar-refractivity contribution < 1.29 is 8.42 Å². The van der Waals surface area contributed by atoms with Crippen LogP contribution in [-0.2, 0) is 10.0 Å². The van der Waals surface area contributed by atoms with Gasteiger partial charge in [-0.15, -0.1) is 0 Å². The minimum Gasteiger partial charge on any atom is -0.311 e. The minimum absolute atomic E-state index is 0.120. The molecule has 2 rings (SSSR count). The van der Waals surface area contributed by atoms with E-state index in [0.717, 1.165) is 45.1 Å². The van der Waals surface area contributed by atoms with Crippen molar-refractivity contribution in [3.63, 3.8) is 0 Å².